The first-order valence-corrected chi connectivity index (χ1v) is 35.5. The van der Waals surface area contributed by atoms with Crippen LogP contribution >= 0.6 is 0 Å². The molecule has 20 nitrogen and oxygen atoms in total. The number of likely N-dealkylation sites (tertiary alicyclic amines) is 4. The van der Waals surface area contributed by atoms with Gasteiger partial charge >= 0.3 is 0 Å². The number of halogens is 3. The number of nitro groups is 1. The average Bonchev–Trinajstić information content (AvgIpc) is 1.64. The largest absolute Gasteiger partial charge is 0.399 e. The second kappa shape index (κ2) is 30.5. The van der Waals surface area contributed by atoms with Crippen molar-refractivity contribution >= 4 is 51.1 Å². The highest BCUT2D eigenvalue weighted by molar-refractivity contribution is 5.77. The lowest BCUT2D eigenvalue weighted by Crippen LogP contribution is -2.46. The zero-order valence-corrected chi connectivity index (χ0v) is 58.3. The van der Waals surface area contributed by atoms with Gasteiger partial charge in [0.1, 0.15) is 22.6 Å². The van der Waals surface area contributed by atoms with Crippen LogP contribution in [0.2, 0.25) is 0 Å². The van der Waals surface area contributed by atoms with E-state index in [1.807, 2.05) is 23.1 Å². The molecular weight excluding hydrogens is 1230 g/mol. The molecule has 23 heteroatoms. The number of nitrogens with zero attached hydrogens (tertiary/aromatic N) is 13. The topological polar surface area (TPSA) is 202 Å². The van der Waals surface area contributed by atoms with E-state index in [1.165, 1.54) is 145 Å². The third kappa shape index (κ3) is 17.1. The number of rotatable bonds is 10. The molecule has 0 bridgehead atoms. The molecule has 14 rings (SSSR count). The second-order valence-corrected chi connectivity index (χ2v) is 30.2. The SMILES string of the molecule is C=CCn1c(=O)c2cnc(Nc3ccc(N4CCC5(CCN(C)CC5)CC4)c(F)c3)nc2n1-c1cccc(C(C)(C)O)n1.CN1CCC2(CC1)CCN(c1ccc(N)cc1F)CC2.CN1CCC2(CC1)CCN(c1ccc([N+](=O)[O-])cc1F)CC2.CN1CCC2(CCNCC2)CC1. The maximum Gasteiger partial charge on any atom is 0.278 e. The smallest absolute Gasteiger partial charge is 0.278 e. The third-order valence-corrected chi connectivity index (χ3v) is 23.2. The first kappa shape index (κ1) is 71.1. The Kier molecular flexibility index (Phi) is 22.4. The van der Waals surface area contributed by atoms with Gasteiger partial charge in [-0.2, -0.15) is 4.98 Å². The number of nitro benzene ring substituents is 1. The Morgan fingerprint density at radius 2 is 1.03 bits per heavy atom. The highest BCUT2D eigenvalue weighted by Gasteiger charge is 2.41. The van der Waals surface area contributed by atoms with Crippen LogP contribution in [-0.4, -0.2) is 187 Å². The average molecular weight is 1340 g/mol. The van der Waals surface area contributed by atoms with Gasteiger partial charge in [-0.3, -0.25) is 14.9 Å². The number of non-ortho nitro benzene ring substituents is 1. The highest BCUT2D eigenvalue weighted by atomic mass is 19.1. The van der Waals surface area contributed by atoms with Crippen LogP contribution in [0.5, 0.6) is 0 Å². The summed E-state index contributed by atoms with van der Waals surface area (Å²) in [5.41, 5.74) is 9.60. The molecule has 0 aliphatic carbocycles. The van der Waals surface area contributed by atoms with E-state index >= 15 is 4.39 Å². The Morgan fingerprint density at radius 1 is 0.608 bits per heavy atom. The number of aliphatic hydroxyl groups is 1. The molecule has 97 heavy (non-hydrogen) atoms. The number of nitrogens with one attached hydrogen (secondary N) is 2. The number of fused-ring (bicyclic) bond motifs is 1. The second-order valence-electron chi connectivity index (χ2n) is 30.2. The molecule has 3 aromatic carbocycles. The maximum absolute atomic E-state index is 15.4. The van der Waals surface area contributed by atoms with Gasteiger partial charge in [0.2, 0.25) is 5.95 Å². The molecule has 5 N–H and O–H groups in total. The van der Waals surface area contributed by atoms with Gasteiger partial charge in [-0.25, -0.2) is 32.5 Å². The third-order valence-electron chi connectivity index (χ3n) is 23.2. The van der Waals surface area contributed by atoms with E-state index in [0.717, 1.165) is 103 Å². The summed E-state index contributed by atoms with van der Waals surface area (Å²) in [6.07, 6.45) is 23.0. The number of pyridine rings is 1. The summed E-state index contributed by atoms with van der Waals surface area (Å²) >= 11 is 0. The monoisotopic (exact) mass is 1340 g/mol. The number of hydrogen-bond acceptors (Lipinski definition) is 17. The molecule has 0 radical (unpaired) electrons. The van der Waals surface area contributed by atoms with Crippen LogP contribution in [0.25, 0.3) is 16.9 Å². The van der Waals surface area contributed by atoms with Crippen molar-refractivity contribution in [3.05, 3.63) is 135 Å². The van der Waals surface area contributed by atoms with Gasteiger partial charge in [0, 0.05) is 62.9 Å². The molecular formula is C74H105F3N16O4. The first-order chi connectivity index (χ1) is 46.4. The van der Waals surface area contributed by atoms with Crippen molar-refractivity contribution in [2.45, 2.75) is 129 Å². The number of nitrogen functional groups attached to an aromatic ring is 1. The lowest BCUT2D eigenvalue weighted by molar-refractivity contribution is -0.385. The molecule has 8 aliphatic heterocycles. The van der Waals surface area contributed by atoms with E-state index in [9.17, 15) is 28.8 Å². The number of benzene rings is 3. The Morgan fingerprint density at radius 3 is 1.45 bits per heavy atom. The quantitative estimate of drug-likeness (QED) is 0.0436. The molecule has 0 unspecified atom stereocenters. The normalized spacial score (nSPS) is 21.3. The molecule has 526 valence electrons. The Bertz CT molecular complexity index is 3690. The van der Waals surface area contributed by atoms with E-state index in [2.05, 4.69) is 89.8 Å². The molecule has 0 amide bonds. The Hall–Kier alpha value is -7.15. The van der Waals surface area contributed by atoms with Crippen molar-refractivity contribution in [2.24, 2.45) is 21.7 Å². The van der Waals surface area contributed by atoms with Crippen LogP contribution < -0.4 is 36.6 Å². The molecule has 0 atom stereocenters. The number of nitrogens with two attached hydrogens (primary N) is 1. The lowest BCUT2D eigenvalue weighted by Gasteiger charge is -2.46. The zero-order valence-electron chi connectivity index (χ0n) is 58.3. The van der Waals surface area contributed by atoms with E-state index in [0.29, 0.717) is 67.2 Å². The lowest BCUT2D eigenvalue weighted by atomic mass is 9.71. The molecule has 11 heterocycles. The van der Waals surface area contributed by atoms with Crippen molar-refractivity contribution < 1.29 is 23.2 Å². The summed E-state index contributed by atoms with van der Waals surface area (Å²) in [5.74, 6) is -0.355. The predicted octanol–water partition coefficient (Wildman–Crippen LogP) is 11.4. The van der Waals surface area contributed by atoms with Crippen LogP contribution in [0.1, 0.15) is 122 Å². The summed E-state index contributed by atoms with van der Waals surface area (Å²) in [5, 5.41) is 28.1. The number of allylic oxidation sites excluding steroid dienone is 1. The number of anilines is 6. The molecule has 0 saturated carbocycles. The standard InChI is InChI=1S/C32H39FN8O2.C16H22FN3O2.C16H24FN3.C10H20N2/c1-5-15-40-29(42)23-21-34-30(37-28(23)41(40)27-8-6-7-26(36-27)31(2,3)43)35-22-9-10-25(24(33)20-22)39-18-13-32(14-19-39)11-16-38(4)17-12-32;1-18-8-4-16(5-9-18)6-10-19(11-7-16)15-3-2-13(20(21)22)12-14(15)17;1-19-8-4-16(5-9-19)6-10-20(11-7-16)15-3-2-13(18)12-14(15)17;1-12-8-4-10(5-9-12)2-6-11-7-3-10/h5-10,20-21,43H,1,11-19H2,2-4H3,(H,34,35,37);2-3,12H,4-11H2,1H3;2-3,12H,4-11,18H2,1H3;11H,2-9H2,1H3. The van der Waals surface area contributed by atoms with Gasteiger partial charge in [0.15, 0.2) is 17.3 Å². The zero-order chi connectivity index (χ0) is 68.7. The summed E-state index contributed by atoms with van der Waals surface area (Å²) < 4.78 is 46.6. The molecule has 8 saturated heterocycles. The molecule has 3 aromatic heterocycles. The van der Waals surface area contributed by atoms with Gasteiger partial charge < -0.3 is 55.8 Å². The summed E-state index contributed by atoms with van der Waals surface area (Å²) in [6.45, 7) is 24.7. The molecule has 6 aromatic rings. The number of piperidine rings is 8. The van der Waals surface area contributed by atoms with Gasteiger partial charge in [-0.1, -0.05) is 12.1 Å². The van der Waals surface area contributed by atoms with Crippen LogP contribution in [0.4, 0.5) is 53.2 Å². The minimum Gasteiger partial charge on any atom is -0.399 e. The van der Waals surface area contributed by atoms with Crippen molar-refractivity contribution in [3.8, 4) is 5.82 Å². The van der Waals surface area contributed by atoms with E-state index < -0.39 is 16.3 Å². The maximum atomic E-state index is 15.4. The number of aromatic nitrogens is 5. The van der Waals surface area contributed by atoms with Gasteiger partial charge in [-0.05, 0) is 286 Å². The van der Waals surface area contributed by atoms with Gasteiger partial charge in [0.25, 0.3) is 11.2 Å². The molecule has 4 spiro atoms. The molecule has 8 aliphatic rings. The summed E-state index contributed by atoms with van der Waals surface area (Å²) in [7, 11) is 8.79. The van der Waals surface area contributed by atoms with Crippen molar-refractivity contribution in [1.29, 1.82) is 0 Å². The Balaban J connectivity index is 0.000000147. The van der Waals surface area contributed by atoms with Crippen molar-refractivity contribution in [2.75, 3.05) is 159 Å². The Labute approximate surface area is 571 Å². The fourth-order valence-electron chi connectivity index (χ4n) is 16.1. The van der Waals surface area contributed by atoms with E-state index in [1.54, 1.807) is 54.9 Å². The number of hydrogen-bond donors (Lipinski definition) is 4. The van der Waals surface area contributed by atoms with Crippen LogP contribution in [-0.2, 0) is 12.1 Å². The fraction of sp³-hybridized carbons (Fsp3) is 0.595. The minimum atomic E-state index is -1.18. The fourth-order valence-corrected chi connectivity index (χ4v) is 16.1. The predicted molar refractivity (Wildman–Crippen MR) is 383 cm³/mol. The highest BCUT2D eigenvalue weighted by Crippen LogP contribution is 2.46. The van der Waals surface area contributed by atoms with Crippen LogP contribution in [0.3, 0.4) is 0 Å². The van der Waals surface area contributed by atoms with Gasteiger partial charge in [0.05, 0.1) is 40.3 Å². The van der Waals surface area contributed by atoms with Crippen molar-refractivity contribution in [3.63, 3.8) is 0 Å². The van der Waals surface area contributed by atoms with Crippen molar-refractivity contribution in [1.82, 2.24) is 49.2 Å². The van der Waals surface area contributed by atoms with Crippen LogP contribution in [0.15, 0.2) is 96.4 Å². The van der Waals surface area contributed by atoms with Gasteiger partial charge in [-0.15, -0.1) is 6.58 Å². The summed E-state index contributed by atoms with van der Waals surface area (Å²) in [6, 6.07) is 19.3. The summed E-state index contributed by atoms with van der Waals surface area (Å²) in [4.78, 5) is 53.0. The van der Waals surface area contributed by atoms with E-state index in [-0.39, 0.29) is 35.4 Å². The molecule has 8 fully saturated rings. The minimum absolute atomic E-state index is 0.190. The van der Waals surface area contributed by atoms with Crippen LogP contribution in [0, 0.1) is 49.2 Å². The first-order valence-electron chi connectivity index (χ1n) is 35.5. The van der Waals surface area contributed by atoms with E-state index in [4.69, 9.17) is 5.73 Å².